The minimum atomic E-state index is -0.299. The van der Waals surface area contributed by atoms with Crippen LogP contribution in [0.2, 0.25) is 0 Å². The van der Waals surface area contributed by atoms with Gasteiger partial charge in [0.2, 0.25) is 0 Å². The van der Waals surface area contributed by atoms with Crippen molar-refractivity contribution in [2.45, 2.75) is 18.4 Å². The summed E-state index contributed by atoms with van der Waals surface area (Å²) in [6, 6.07) is 12.9. The Kier molecular flexibility index (Phi) is 3.49. The lowest BCUT2D eigenvalue weighted by atomic mass is 9.76. The zero-order valence-corrected chi connectivity index (χ0v) is 13.3. The maximum Gasteiger partial charge on any atom is 0.274 e. The summed E-state index contributed by atoms with van der Waals surface area (Å²) >= 11 is 0. The van der Waals surface area contributed by atoms with Gasteiger partial charge in [0.15, 0.2) is 0 Å². The lowest BCUT2D eigenvalue weighted by Gasteiger charge is -2.37. The number of nitrogens with zero attached hydrogens (tertiary/aromatic N) is 1. The van der Waals surface area contributed by atoms with Crippen molar-refractivity contribution in [1.29, 1.82) is 0 Å². The molecule has 3 atom stereocenters. The SMILES string of the molecule is COc1cccc2c1N[C@H](c1ccccc1[N+](=O)[O-])[C@@H]1CC=C[C@H]21. The lowest BCUT2D eigenvalue weighted by Crippen LogP contribution is -2.29. The molecule has 0 unspecified atom stereocenters. The molecule has 2 aliphatic rings. The van der Waals surface area contributed by atoms with E-state index in [2.05, 4.69) is 23.5 Å². The van der Waals surface area contributed by atoms with E-state index in [1.807, 2.05) is 24.3 Å². The molecule has 1 N–H and O–H groups in total. The third-order valence-corrected chi connectivity index (χ3v) is 5.05. The highest BCUT2D eigenvalue weighted by molar-refractivity contribution is 5.68. The highest BCUT2D eigenvalue weighted by atomic mass is 16.6. The van der Waals surface area contributed by atoms with E-state index >= 15 is 0 Å². The normalized spacial score (nSPS) is 24.0. The molecule has 0 radical (unpaired) electrons. The number of hydrogen-bond donors (Lipinski definition) is 1. The van der Waals surface area contributed by atoms with E-state index in [1.54, 1.807) is 19.2 Å². The van der Waals surface area contributed by atoms with E-state index in [-0.39, 0.29) is 28.5 Å². The van der Waals surface area contributed by atoms with Crippen molar-refractivity contribution in [3.63, 3.8) is 0 Å². The Morgan fingerprint density at radius 3 is 2.75 bits per heavy atom. The summed E-state index contributed by atoms with van der Waals surface area (Å²) in [7, 11) is 1.65. The summed E-state index contributed by atoms with van der Waals surface area (Å²) in [4.78, 5) is 11.2. The molecule has 1 heterocycles. The molecule has 0 saturated heterocycles. The van der Waals surface area contributed by atoms with Gasteiger partial charge in [0.05, 0.1) is 29.3 Å². The summed E-state index contributed by atoms with van der Waals surface area (Å²) in [5.41, 5.74) is 3.04. The van der Waals surface area contributed by atoms with Crippen molar-refractivity contribution >= 4 is 11.4 Å². The summed E-state index contributed by atoms with van der Waals surface area (Å²) in [5, 5.41) is 15.0. The summed E-state index contributed by atoms with van der Waals surface area (Å²) in [5.74, 6) is 1.29. The van der Waals surface area contributed by atoms with Crippen LogP contribution in [0.15, 0.2) is 54.6 Å². The van der Waals surface area contributed by atoms with Crippen LogP contribution in [0, 0.1) is 16.0 Å². The molecule has 0 aromatic heterocycles. The van der Waals surface area contributed by atoms with Gasteiger partial charge in [-0.3, -0.25) is 10.1 Å². The molecule has 0 saturated carbocycles. The van der Waals surface area contributed by atoms with Crippen molar-refractivity contribution in [3.05, 3.63) is 75.9 Å². The summed E-state index contributed by atoms with van der Waals surface area (Å²) in [6.45, 7) is 0. The summed E-state index contributed by atoms with van der Waals surface area (Å²) in [6.07, 6.45) is 5.30. The fourth-order valence-electron chi connectivity index (χ4n) is 3.99. The molecule has 0 spiro atoms. The zero-order valence-electron chi connectivity index (χ0n) is 13.3. The van der Waals surface area contributed by atoms with Crippen LogP contribution in [0.4, 0.5) is 11.4 Å². The maximum atomic E-state index is 11.5. The molecule has 2 aromatic carbocycles. The number of nitrogens with one attached hydrogen (secondary N) is 1. The fraction of sp³-hybridized carbons (Fsp3) is 0.263. The molecule has 4 rings (SSSR count). The molecule has 0 bridgehead atoms. The predicted molar refractivity (Wildman–Crippen MR) is 92.4 cm³/mol. The van der Waals surface area contributed by atoms with Gasteiger partial charge in [0.1, 0.15) is 5.75 Å². The number of para-hydroxylation sites is 2. The molecular formula is C19H18N2O3. The molecule has 5 nitrogen and oxygen atoms in total. The topological polar surface area (TPSA) is 64.4 Å². The average molecular weight is 322 g/mol. The van der Waals surface area contributed by atoms with E-state index in [1.165, 1.54) is 5.56 Å². The van der Waals surface area contributed by atoms with Crippen molar-refractivity contribution in [2.75, 3.05) is 12.4 Å². The van der Waals surface area contributed by atoms with Crippen molar-refractivity contribution in [2.24, 2.45) is 5.92 Å². The van der Waals surface area contributed by atoms with Crippen molar-refractivity contribution in [1.82, 2.24) is 0 Å². The van der Waals surface area contributed by atoms with Crippen LogP contribution < -0.4 is 10.1 Å². The second-order valence-corrected chi connectivity index (χ2v) is 6.22. The first-order chi connectivity index (χ1) is 11.7. The van der Waals surface area contributed by atoms with Crippen LogP contribution >= 0.6 is 0 Å². The quantitative estimate of drug-likeness (QED) is 0.516. The number of fused-ring (bicyclic) bond motifs is 3. The minimum absolute atomic E-state index is 0.115. The standard InChI is InChI=1S/C19H18N2O3/c1-24-17-11-5-9-14-12-7-4-8-13(12)18(20-19(14)17)15-6-2-3-10-16(15)21(22)23/h2-7,9-13,18,20H,8H2,1H3/t12-,13+,18-/m0/s1. The second-order valence-electron chi connectivity index (χ2n) is 6.22. The number of nitro groups is 1. The van der Waals surface area contributed by atoms with Gasteiger partial charge in [0, 0.05) is 12.0 Å². The van der Waals surface area contributed by atoms with Crippen LogP contribution in [-0.2, 0) is 0 Å². The molecule has 122 valence electrons. The second kappa shape index (κ2) is 5.67. The summed E-state index contributed by atoms with van der Waals surface area (Å²) < 4.78 is 5.50. The number of ether oxygens (including phenoxy) is 1. The Morgan fingerprint density at radius 2 is 1.96 bits per heavy atom. The Balaban J connectivity index is 1.86. The third-order valence-electron chi connectivity index (χ3n) is 5.05. The molecule has 2 aromatic rings. The van der Waals surface area contributed by atoms with E-state index < -0.39 is 0 Å². The Bertz CT molecular complexity index is 831. The lowest BCUT2D eigenvalue weighted by molar-refractivity contribution is -0.385. The third kappa shape index (κ3) is 2.16. The molecule has 1 aliphatic carbocycles. The highest BCUT2D eigenvalue weighted by Crippen LogP contribution is 2.53. The van der Waals surface area contributed by atoms with Crippen molar-refractivity contribution in [3.8, 4) is 5.75 Å². The number of benzene rings is 2. The van der Waals surface area contributed by atoms with Gasteiger partial charge in [-0.1, -0.05) is 42.5 Å². The number of hydrogen-bond acceptors (Lipinski definition) is 4. The monoisotopic (exact) mass is 322 g/mol. The van der Waals surface area contributed by atoms with Crippen LogP contribution in [0.3, 0.4) is 0 Å². The molecule has 0 fully saturated rings. The Labute approximate surface area is 140 Å². The van der Waals surface area contributed by atoms with Gasteiger partial charge in [-0.2, -0.15) is 0 Å². The molecule has 0 amide bonds. The van der Waals surface area contributed by atoms with E-state index in [4.69, 9.17) is 4.74 Å². The first-order valence-corrected chi connectivity index (χ1v) is 8.04. The Hall–Kier alpha value is -2.82. The van der Waals surface area contributed by atoms with Gasteiger partial charge >= 0.3 is 0 Å². The van der Waals surface area contributed by atoms with Crippen LogP contribution in [0.5, 0.6) is 5.75 Å². The predicted octanol–water partition coefficient (Wildman–Crippen LogP) is 4.43. The van der Waals surface area contributed by atoms with Gasteiger partial charge in [-0.05, 0) is 24.0 Å². The largest absolute Gasteiger partial charge is 0.495 e. The molecule has 5 heteroatoms. The number of methoxy groups -OCH3 is 1. The molecule has 24 heavy (non-hydrogen) atoms. The zero-order chi connectivity index (χ0) is 16.7. The number of allylic oxidation sites excluding steroid dienone is 2. The van der Waals surface area contributed by atoms with Crippen LogP contribution in [-0.4, -0.2) is 12.0 Å². The van der Waals surface area contributed by atoms with Crippen LogP contribution in [0.25, 0.3) is 0 Å². The highest BCUT2D eigenvalue weighted by Gasteiger charge is 2.41. The van der Waals surface area contributed by atoms with E-state index in [9.17, 15) is 10.1 Å². The van der Waals surface area contributed by atoms with Gasteiger partial charge in [-0.25, -0.2) is 0 Å². The smallest absolute Gasteiger partial charge is 0.274 e. The Morgan fingerprint density at radius 1 is 1.17 bits per heavy atom. The average Bonchev–Trinajstić information content (AvgIpc) is 3.10. The number of nitro benzene ring substituents is 1. The van der Waals surface area contributed by atoms with Gasteiger partial charge < -0.3 is 10.1 Å². The van der Waals surface area contributed by atoms with E-state index in [0.29, 0.717) is 0 Å². The van der Waals surface area contributed by atoms with Crippen LogP contribution in [0.1, 0.15) is 29.5 Å². The van der Waals surface area contributed by atoms with Gasteiger partial charge in [-0.15, -0.1) is 0 Å². The molecule has 1 aliphatic heterocycles. The number of anilines is 1. The fourth-order valence-corrected chi connectivity index (χ4v) is 3.99. The molecular weight excluding hydrogens is 304 g/mol. The first kappa shape index (κ1) is 14.8. The first-order valence-electron chi connectivity index (χ1n) is 8.04. The van der Waals surface area contributed by atoms with Gasteiger partial charge in [0.25, 0.3) is 5.69 Å². The maximum absolute atomic E-state index is 11.5. The minimum Gasteiger partial charge on any atom is -0.495 e. The van der Waals surface area contributed by atoms with Crippen molar-refractivity contribution < 1.29 is 9.66 Å². The number of rotatable bonds is 3. The van der Waals surface area contributed by atoms with E-state index in [0.717, 1.165) is 23.4 Å².